The van der Waals surface area contributed by atoms with Crippen molar-refractivity contribution in [1.82, 2.24) is 4.98 Å². The molecule has 1 rings (SSSR count). The number of carbonyl (C=O) groups is 2. The Morgan fingerprint density at radius 3 is 2.31 bits per heavy atom. The van der Waals surface area contributed by atoms with Crippen molar-refractivity contribution in [3.8, 4) is 5.75 Å². The number of rotatable bonds is 3. The van der Waals surface area contributed by atoms with Crippen molar-refractivity contribution in [3.63, 3.8) is 0 Å². The van der Waals surface area contributed by atoms with Crippen LogP contribution in [0.3, 0.4) is 0 Å². The number of ether oxygens (including phenoxy) is 1. The molecule has 1 heterocycles. The van der Waals surface area contributed by atoms with Gasteiger partial charge in [-0.1, -0.05) is 0 Å². The third kappa shape index (κ3) is 3.23. The van der Waals surface area contributed by atoms with Gasteiger partial charge < -0.3 is 15.4 Å². The molecule has 0 fully saturated rings. The largest absolute Gasteiger partial charge is 0.493 e. The molecule has 0 spiro atoms. The molecule has 6 nitrogen and oxygen atoms in total. The van der Waals surface area contributed by atoms with E-state index >= 15 is 0 Å². The maximum absolute atomic E-state index is 10.9. The Morgan fingerprint density at radius 2 is 1.81 bits per heavy atom. The van der Waals surface area contributed by atoms with Crippen LogP contribution in [0, 0.1) is 0 Å². The zero-order chi connectivity index (χ0) is 12.1. The Hall–Kier alpha value is -2.11. The zero-order valence-corrected chi connectivity index (χ0v) is 9.33. The van der Waals surface area contributed by atoms with Crippen molar-refractivity contribution in [2.75, 3.05) is 17.7 Å². The van der Waals surface area contributed by atoms with Crippen molar-refractivity contribution >= 4 is 23.5 Å². The number of anilines is 2. The van der Waals surface area contributed by atoms with Gasteiger partial charge in [-0.25, -0.2) is 4.98 Å². The van der Waals surface area contributed by atoms with Crippen molar-refractivity contribution in [2.45, 2.75) is 13.8 Å². The molecule has 6 heteroatoms. The molecule has 0 aliphatic heterocycles. The van der Waals surface area contributed by atoms with E-state index in [2.05, 4.69) is 15.6 Å². The van der Waals surface area contributed by atoms with Crippen LogP contribution >= 0.6 is 0 Å². The van der Waals surface area contributed by atoms with Crippen LogP contribution in [0.4, 0.5) is 11.6 Å². The Balaban J connectivity index is 3.00. The lowest BCUT2D eigenvalue weighted by Crippen LogP contribution is -2.12. The summed E-state index contributed by atoms with van der Waals surface area (Å²) in [7, 11) is 1.47. The minimum atomic E-state index is -0.259. The third-order valence-corrected chi connectivity index (χ3v) is 1.68. The van der Waals surface area contributed by atoms with E-state index in [0.717, 1.165) is 0 Å². The van der Waals surface area contributed by atoms with E-state index in [1.165, 1.54) is 21.0 Å². The van der Waals surface area contributed by atoms with Gasteiger partial charge >= 0.3 is 0 Å². The minimum Gasteiger partial charge on any atom is -0.493 e. The summed E-state index contributed by atoms with van der Waals surface area (Å²) < 4.78 is 5.02. The van der Waals surface area contributed by atoms with Crippen LogP contribution in [0.15, 0.2) is 12.1 Å². The van der Waals surface area contributed by atoms with Gasteiger partial charge in [0.05, 0.1) is 7.11 Å². The highest BCUT2D eigenvalue weighted by atomic mass is 16.5. The van der Waals surface area contributed by atoms with Gasteiger partial charge in [0.25, 0.3) is 0 Å². The average molecular weight is 223 g/mol. The third-order valence-electron chi connectivity index (χ3n) is 1.68. The SMILES string of the molecule is COc1ccc(NC(C)=O)nc1NC(C)=O. The van der Waals surface area contributed by atoms with Crippen LogP contribution in [0.5, 0.6) is 5.75 Å². The monoisotopic (exact) mass is 223 g/mol. The van der Waals surface area contributed by atoms with E-state index in [4.69, 9.17) is 4.74 Å². The van der Waals surface area contributed by atoms with Gasteiger partial charge in [0.15, 0.2) is 11.6 Å². The van der Waals surface area contributed by atoms with Gasteiger partial charge in [-0.05, 0) is 12.1 Å². The van der Waals surface area contributed by atoms with Crippen LogP contribution in [0.2, 0.25) is 0 Å². The molecule has 0 atom stereocenters. The second kappa shape index (κ2) is 5.11. The Labute approximate surface area is 93.0 Å². The predicted molar refractivity (Wildman–Crippen MR) is 59.4 cm³/mol. The maximum Gasteiger partial charge on any atom is 0.222 e. The number of amides is 2. The molecule has 0 aromatic carbocycles. The second-order valence-electron chi connectivity index (χ2n) is 3.11. The molecule has 0 saturated heterocycles. The number of hydrogen-bond acceptors (Lipinski definition) is 4. The van der Waals surface area contributed by atoms with Crippen molar-refractivity contribution in [1.29, 1.82) is 0 Å². The first-order valence-electron chi connectivity index (χ1n) is 4.63. The summed E-state index contributed by atoms with van der Waals surface area (Å²) in [6, 6.07) is 3.20. The highest BCUT2D eigenvalue weighted by molar-refractivity contribution is 5.91. The molecule has 2 N–H and O–H groups in total. The highest BCUT2D eigenvalue weighted by Crippen LogP contribution is 2.23. The van der Waals surface area contributed by atoms with Crippen LogP contribution in [0.25, 0.3) is 0 Å². The molecule has 0 radical (unpaired) electrons. The molecule has 2 amide bonds. The lowest BCUT2D eigenvalue weighted by atomic mass is 10.4. The summed E-state index contributed by atoms with van der Waals surface area (Å²) in [5.74, 6) is 0.583. The fourth-order valence-corrected chi connectivity index (χ4v) is 1.12. The standard InChI is InChI=1S/C10H13N3O3/c1-6(14)11-9-5-4-8(16-3)10(13-9)12-7(2)15/h4-5H,1-3H3,(H2,11,12,13,14,15). The summed E-state index contributed by atoms with van der Waals surface area (Å²) in [5.41, 5.74) is 0. The fraction of sp³-hybridized carbons (Fsp3) is 0.300. The fourth-order valence-electron chi connectivity index (χ4n) is 1.12. The van der Waals surface area contributed by atoms with Gasteiger partial charge in [0.1, 0.15) is 5.82 Å². The Kier molecular flexibility index (Phi) is 3.82. The number of methoxy groups -OCH3 is 1. The van der Waals surface area contributed by atoms with Crippen LogP contribution in [-0.4, -0.2) is 23.9 Å². The van der Waals surface area contributed by atoms with E-state index in [0.29, 0.717) is 11.6 Å². The van der Waals surface area contributed by atoms with E-state index in [1.54, 1.807) is 12.1 Å². The number of aromatic nitrogens is 1. The number of nitrogens with zero attached hydrogens (tertiary/aromatic N) is 1. The van der Waals surface area contributed by atoms with E-state index < -0.39 is 0 Å². The molecular weight excluding hydrogens is 210 g/mol. The van der Waals surface area contributed by atoms with Gasteiger partial charge in [-0.2, -0.15) is 0 Å². The molecule has 0 aliphatic carbocycles. The highest BCUT2D eigenvalue weighted by Gasteiger charge is 2.08. The Bertz CT molecular complexity index is 418. The molecule has 0 saturated carbocycles. The maximum atomic E-state index is 10.9. The lowest BCUT2D eigenvalue weighted by Gasteiger charge is -2.09. The first-order valence-corrected chi connectivity index (χ1v) is 4.63. The number of hydrogen-bond donors (Lipinski definition) is 2. The van der Waals surface area contributed by atoms with Crippen LogP contribution in [-0.2, 0) is 9.59 Å². The number of pyridine rings is 1. The molecule has 0 bridgehead atoms. The number of carbonyl (C=O) groups excluding carboxylic acids is 2. The topological polar surface area (TPSA) is 80.3 Å². The second-order valence-corrected chi connectivity index (χ2v) is 3.11. The summed E-state index contributed by atoms with van der Waals surface area (Å²) in [4.78, 5) is 25.8. The van der Waals surface area contributed by atoms with E-state index in [9.17, 15) is 9.59 Å². The molecule has 1 aromatic rings. The molecule has 0 aliphatic rings. The molecule has 16 heavy (non-hydrogen) atoms. The molecular formula is C10H13N3O3. The first-order chi connectivity index (χ1) is 7.52. The quantitative estimate of drug-likeness (QED) is 0.801. The zero-order valence-electron chi connectivity index (χ0n) is 9.33. The summed E-state index contributed by atoms with van der Waals surface area (Å²) in [5, 5.41) is 5.02. The smallest absolute Gasteiger partial charge is 0.222 e. The summed E-state index contributed by atoms with van der Waals surface area (Å²) in [6.07, 6.45) is 0. The van der Waals surface area contributed by atoms with Crippen molar-refractivity contribution in [3.05, 3.63) is 12.1 Å². The molecule has 86 valence electrons. The molecule has 1 aromatic heterocycles. The average Bonchev–Trinajstić information content (AvgIpc) is 2.16. The summed E-state index contributed by atoms with van der Waals surface area (Å²) >= 11 is 0. The number of nitrogens with one attached hydrogen (secondary N) is 2. The lowest BCUT2D eigenvalue weighted by molar-refractivity contribution is -0.115. The van der Waals surface area contributed by atoms with E-state index in [-0.39, 0.29) is 17.6 Å². The van der Waals surface area contributed by atoms with Gasteiger partial charge in [-0.15, -0.1) is 0 Å². The molecule has 0 unspecified atom stereocenters. The Morgan fingerprint density at radius 1 is 1.19 bits per heavy atom. The summed E-state index contributed by atoms with van der Waals surface area (Å²) in [6.45, 7) is 2.75. The van der Waals surface area contributed by atoms with Crippen molar-refractivity contribution < 1.29 is 14.3 Å². The van der Waals surface area contributed by atoms with Gasteiger partial charge in [-0.3, -0.25) is 9.59 Å². The van der Waals surface area contributed by atoms with Crippen LogP contribution in [0.1, 0.15) is 13.8 Å². The normalized spacial score (nSPS) is 9.44. The van der Waals surface area contributed by atoms with Gasteiger partial charge in [0, 0.05) is 13.8 Å². The van der Waals surface area contributed by atoms with E-state index in [1.807, 2.05) is 0 Å². The first kappa shape index (κ1) is 12.0. The van der Waals surface area contributed by atoms with Gasteiger partial charge in [0.2, 0.25) is 11.8 Å². The minimum absolute atomic E-state index is 0.230. The predicted octanol–water partition coefficient (Wildman–Crippen LogP) is 1.01. The van der Waals surface area contributed by atoms with Crippen LogP contribution < -0.4 is 15.4 Å². The van der Waals surface area contributed by atoms with Crippen molar-refractivity contribution in [2.24, 2.45) is 0 Å².